The van der Waals surface area contributed by atoms with Gasteiger partial charge in [-0.1, -0.05) is 29.8 Å². The number of halogens is 2. The lowest BCUT2D eigenvalue weighted by Crippen LogP contribution is -2.48. The second-order valence-electron chi connectivity index (χ2n) is 6.45. The number of hydrogen-bond donors (Lipinski definition) is 1. The van der Waals surface area contributed by atoms with Gasteiger partial charge in [-0.2, -0.15) is 0 Å². The third-order valence-electron chi connectivity index (χ3n) is 4.23. The summed E-state index contributed by atoms with van der Waals surface area (Å²) in [6.07, 6.45) is 1.04. The number of nitrogens with zero attached hydrogens (tertiary/aromatic N) is 1. The highest BCUT2D eigenvalue weighted by Crippen LogP contribution is 2.28. The van der Waals surface area contributed by atoms with E-state index >= 15 is 0 Å². The summed E-state index contributed by atoms with van der Waals surface area (Å²) in [5.74, 6) is -0.845. The highest BCUT2D eigenvalue weighted by Gasteiger charge is 2.31. The Hall–Kier alpha value is -2.12. The Morgan fingerprint density at radius 2 is 1.74 bits per heavy atom. The third-order valence-corrected chi connectivity index (χ3v) is 5.69. The molecule has 2 rings (SSSR count). The zero-order valence-electron chi connectivity index (χ0n) is 15.5. The van der Waals surface area contributed by atoms with Gasteiger partial charge in [-0.25, -0.2) is 12.8 Å². The minimum absolute atomic E-state index is 0.349. The third kappa shape index (κ3) is 5.20. The van der Waals surface area contributed by atoms with Gasteiger partial charge < -0.3 is 5.32 Å². The molecule has 0 bridgehead atoms. The second kappa shape index (κ2) is 8.27. The quantitative estimate of drug-likeness (QED) is 0.784. The maximum absolute atomic E-state index is 13.1. The van der Waals surface area contributed by atoms with Crippen molar-refractivity contribution in [3.63, 3.8) is 0 Å². The molecule has 0 unspecified atom stereocenters. The number of hydrogen-bond acceptors (Lipinski definition) is 3. The SMILES string of the molecule is Cc1ccc(Cl)cc1N([C@H](C)C(=O)N[C@H](C)c1ccc(F)cc1)S(C)(=O)=O. The molecule has 0 heterocycles. The molecule has 1 N–H and O–H groups in total. The van der Waals surface area contributed by atoms with Crippen LogP contribution >= 0.6 is 11.6 Å². The molecule has 0 saturated heterocycles. The fourth-order valence-electron chi connectivity index (χ4n) is 2.77. The fraction of sp³-hybridized carbons (Fsp3) is 0.316. The Bertz CT molecular complexity index is 932. The summed E-state index contributed by atoms with van der Waals surface area (Å²) < 4.78 is 38.9. The van der Waals surface area contributed by atoms with Crippen molar-refractivity contribution in [3.05, 3.63) is 64.4 Å². The van der Waals surface area contributed by atoms with Gasteiger partial charge >= 0.3 is 0 Å². The highest BCUT2D eigenvalue weighted by molar-refractivity contribution is 7.92. The summed E-state index contributed by atoms with van der Waals surface area (Å²) in [6.45, 7) is 5.00. The number of anilines is 1. The van der Waals surface area contributed by atoms with Gasteiger partial charge in [0.15, 0.2) is 0 Å². The normalized spacial score (nSPS) is 13.7. The molecule has 0 radical (unpaired) electrons. The maximum atomic E-state index is 13.1. The standard InChI is InChI=1S/C19H22ClFN2O3S/c1-12-5-8-16(20)11-18(12)23(27(4,25)26)14(3)19(24)22-13(2)15-6-9-17(21)10-7-15/h5-11,13-14H,1-4H3,(H,22,24)/t13-,14-/m1/s1. The highest BCUT2D eigenvalue weighted by atomic mass is 35.5. The lowest BCUT2D eigenvalue weighted by molar-refractivity contribution is -0.122. The number of sulfonamides is 1. The van der Waals surface area contributed by atoms with E-state index in [9.17, 15) is 17.6 Å². The molecule has 0 aliphatic carbocycles. The number of carbonyl (C=O) groups is 1. The van der Waals surface area contributed by atoms with Crippen molar-refractivity contribution in [1.82, 2.24) is 5.32 Å². The van der Waals surface area contributed by atoms with Crippen molar-refractivity contribution < 1.29 is 17.6 Å². The molecule has 2 aromatic rings. The zero-order chi connectivity index (χ0) is 20.4. The van der Waals surface area contributed by atoms with E-state index in [0.29, 0.717) is 21.8 Å². The average molecular weight is 413 g/mol. The smallest absolute Gasteiger partial charge is 0.244 e. The maximum Gasteiger partial charge on any atom is 0.244 e. The van der Waals surface area contributed by atoms with E-state index in [4.69, 9.17) is 11.6 Å². The molecular weight excluding hydrogens is 391 g/mol. The predicted octanol–water partition coefficient (Wildman–Crippen LogP) is 3.82. The van der Waals surface area contributed by atoms with E-state index in [1.165, 1.54) is 25.1 Å². The Kier molecular flexibility index (Phi) is 6.49. The molecule has 2 atom stereocenters. The zero-order valence-corrected chi connectivity index (χ0v) is 17.1. The van der Waals surface area contributed by atoms with Crippen LogP contribution in [0.3, 0.4) is 0 Å². The number of aryl methyl sites for hydroxylation is 1. The molecule has 5 nitrogen and oxygen atoms in total. The first kappa shape index (κ1) is 21.2. The van der Waals surface area contributed by atoms with Gasteiger partial charge in [0.25, 0.3) is 0 Å². The molecule has 0 saturated carbocycles. The number of amides is 1. The van der Waals surface area contributed by atoms with E-state index in [0.717, 1.165) is 10.6 Å². The lowest BCUT2D eigenvalue weighted by Gasteiger charge is -2.30. The Labute approximate surface area is 164 Å². The van der Waals surface area contributed by atoms with Gasteiger partial charge in [-0.3, -0.25) is 9.10 Å². The Balaban J connectivity index is 2.30. The van der Waals surface area contributed by atoms with Gasteiger partial charge in [0.2, 0.25) is 15.9 Å². The molecule has 2 aromatic carbocycles. The van der Waals surface area contributed by atoms with Crippen LogP contribution in [0.25, 0.3) is 0 Å². The van der Waals surface area contributed by atoms with Crippen LogP contribution in [0, 0.1) is 12.7 Å². The monoisotopic (exact) mass is 412 g/mol. The lowest BCUT2D eigenvalue weighted by atomic mass is 10.1. The van der Waals surface area contributed by atoms with Crippen molar-refractivity contribution in [2.24, 2.45) is 0 Å². The van der Waals surface area contributed by atoms with Crippen molar-refractivity contribution >= 4 is 33.2 Å². The summed E-state index contributed by atoms with van der Waals surface area (Å²) in [5.41, 5.74) is 1.74. The van der Waals surface area contributed by atoms with Crippen molar-refractivity contribution in [1.29, 1.82) is 0 Å². The molecule has 146 valence electrons. The van der Waals surface area contributed by atoms with Gasteiger partial charge in [-0.15, -0.1) is 0 Å². The Morgan fingerprint density at radius 3 is 2.30 bits per heavy atom. The fourth-order valence-corrected chi connectivity index (χ4v) is 4.16. The van der Waals surface area contributed by atoms with Gasteiger partial charge in [-0.05, 0) is 56.2 Å². The second-order valence-corrected chi connectivity index (χ2v) is 8.74. The van der Waals surface area contributed by atoms with Crippen LogP contribution in [0.2, 0.25) is 5.02 Å². The summed E-state index contributed by atoms with van der Waals surface area (Å²) in [6, 6.07) is 9.21. The van der Waals surface area contributed by atoms with E-state index < -0.39 is 28.0 Å². The molecular formula is C19H22ClFN2O3S. The van der Waals surface area contributed by atoms with Crippen LogP contribution in [0.4, 0.5) is 10.1 Å². The minimum Gasteiger partial charge on any atom is -0.348 e. The molecule has 8 heteroatoms. The number of carbonyl (C=O) groups excluding carboxylic acids is 1. The first-order valence-corrected chi connectivity index (χ1v) is 10.5. The molecule has 0 spiro atoms. The van der Waals surface area contributed by atoms with Crippen molar-refractivity contribution in [2.75, 3.05) is 10.6 Å². The van der Waals surface area contributed by atoms with Crippen LogP contribution in [0.5, 0.6) is 0 Å². The summed E-state index contributed by atoms with van der Waals surface area (Å²) in [4.78, 5) is 12.7. The first-order chi connectivity index (χ1) is 12.5. The van der Waals surface area contributed by atoms with E-state index in [1.54, 1.807) is 38.1 Å². The topological polar surface area (TPSA) is 66.5 Å². The van der Waals surface area contributed by atoms with Crippen LogP contribution in [-0.2, 0) is 14.8 Å². The predicted molar refractivity (Wildman–Crippen MR) is 106 cm³/mol. The molecule has 0 aliphatic heterocycles. The summed E-state index contributed by atoms with van der Waals surface area (Å²) in [7, 11) is -3.74. The summed E-state index contributed by atoms with van der Waals surface area (Å²) >= 11 is 6.02. The van der Waals surface area contributed by atoms with E-state index in [-0.39, 0.29) is 5.82 Å². The summed E-state index contributed by atoms with van der Waals surface area (Å²) in [5, 5.41) is 3.14. The van der Waals surface area contributed by atoms with E-state index in [1.807, 2.05) is 0 Å². The van der Waals surface area contributed by atoms with Crippen LogP contribution in [0.15, 0.2) is 42.5 Å². The van der Waals surface area contributed by atoms with Crippen molar-refractivity contribution in [2.45, 2.75) is 32.9 Å². The first-order valence-electron chi connectivity index (χ1n) is 8.32. The minimum atomic E-state index is -3.74. The number of nitrogens with one attached hydrogen (secondary N) is 1. The van der Waals surface area contributed by atoms with E-state index in [2.05, 4.69) is 5.32 Å². The van der Waals surface area contributed by atoms with Crippen molar-refractivity contribution in [3.8, 4) is 0 Å². The number of rotatable bonds is 6. The van der Waals surface area contributed by atoms with Crippen LogP contribution < -0.4 is 9.62 Å². The molecule has 0 aromatic heterocycles. The largest absolute Gasteiger partial charge is 0.348 e. The average Bonchev–Trinajstić information content (AvgIpc) is 2.57. The van der Waals surface area contributed by atoms with Gasteiger partial charge in [0, 0.05) is 5.02 Å². The van der Waals surface area contributed by atoms with Crippen LogP contribution in [0.1, 0.15) is 31.0 Å². The van der Waals surface area contributed by atoms with Gasteiger partial charge in [0.1, 0.15) is 11.9 Å². The molecule has 0 fully saturated rings. The van der Waals surface area contributed by atoms with Gasteiger partial charge in [0.05, 0.1) is 18.0 Å². The van der Waals surface area contributed by atoms with Crippen LogP contribution in [-0.4, -0.2) is 26.6 Å². The molecule has 1 amide bonds. The Morgan fingerprint density at radius 1 is 1.15 bits per heavy atom. The number of benzene rings is 2. The molecule has 0 aliphatic rings. The molecule has 27 heavy (non-hydrogen) atoms.